The van der Waals surface area contributed by atoms with Crippen molar-refractivity contribution in [3.63, 3.8) is 0 Å². The minimum Gasteiger partial charge on any atom is -0.302 e. The molecule has 0 saturated carbocycles. The maximum atomic E-state index is 13.2. The van der Waals surface area contributed by atoms with Gasteiger partial charge >= 0.3 is 0 Å². The molecule has 0 bridgehead atoms. The van der Waals surface area contributed by atoms with E-state index in [1.165, 1.54) is 12.1 Å². The number of benzene rings is 1. The summed E-state index contributed by atoms with van der Waals surface area (Å²) < 4.78 is 13.2. The molecule has 1 rings (SSSR count). The fourth-order valence-electron chi connectivity index (χ4n) is 1.98. The number of hydrogen-bond acceptors (Lipinski definition) is 2. The first-order chi connectivity index (χ1) is 7.80. The maximum Gasteiger partial charge on any atom is 0.124 e. The molecule has 0 aromatic heterocycles. The fourth-order valence-corrected chi connectivity index (χ4v) is 1.98. The van der Waals surface area contributed by atoms with Crippen molar-refractivity contribution in [2.45, 2.75) is 27.3 Å². The Hall–Kier alpha value is -1.40. The molecule has 0 fully saturated rings. The summed E-state index contributed by atoms with van der Waals surface area (Å²) in [5, 5.41) is 8.78. The van der Waals surface area contributed by atoms with E-state index in [1.54, 1.807) is 6.07 Å². The highest BCUT2D eigenvalue weighted by Gasteiger charge is 2.14. The summed E-state index contributed by atoms with van der Waals surface area (Å²) in [7, 11) is 2.00. The monoisotopic (exact) mass is 234 g/mol. The molecule has 0 N–H and O–H groups in total. The van der Waals surface area contributed by atoms with Crippen LogP contribution in [-0.4, -0.2) is 18.5 Å². The molecule has 0 spiro atoms. The van der Waals surface area contributed by atoms with Crippen molar-refractivity contribution >= 4 is 0 Å². The first-order valence-electron chi connectivity index (χ1n) is 5.68. The summed E-state index contributed by atoms with van der Waals surface area (Å²) in [6, 6.07) is 6.45. The van der Waals surface area contributed by atoms with E-state index in [-0.39, 0.29) is 11.2 Å². The van der Waals surface area contributed by atoms with Crippen LogP contribution in [0.15, 0.2) is 18.2 Å². The fraction of sp³-hybridized carbons (Fsp3) is 0.500. The van der Waals surface area contributed by atoms with Crippen molar-refractivity contribution in [2.24, 2.45) is 5.41 Å². The quantitative estimate of drug-likeness (QED) is 0.803. The van der Waals surface area contributed by atoms with Gasteiger partial charge in [-0.2, -0.15) is 5.26 Å². The Balaban J connectivity index is 2.75. The molecule has 1 aromatic rings. The van der Waals surface area contributed by atoms with E-state index in [9.17, 15) is 4.39 Å². The molecule has 0 radical (unpaired) electrons. The van der Waals surface area contributed by atoms with Gasteiger partial charge in [0.25, 0.3) is 0 Å². The molecule has 2 nitrogen and oxygen atoms in total. The van der Waals surface area contributed by atoms with E-state index < -0.39 is 0 Å². The van der Waals surface area contributed by atoms with E-state index in [0.717, 1.165) is 12.1 Å². The van der Waals surface area contributed by atoms with Crippen LogP contribution in [0.2, 0.25) is 0 Å². The van der Waals surface area contributed by atoms with Crippen molar-refractivity contribution in [1.82, 2.24) is 4.90 Å². The minimum absolute atomic E-state index is 0.208. The van der Waals surface area contributed by atoms with Gasteiger partial charge in [0.05, 0.1) is 11.6 Å². The molecule has 92 valence electrons. The van der Waals surface area contributed by atoms with E-state index in [1.807, 2.05) is 13.1 Å². The predicted molar refractivity (Wildman–Crippen MR) is 66.9 cm³/mol. The third kappa shape index (κ3) is 4.97. The summed E-state index contributed by atoms with van der Waals surface area (Å²) in [5.41, 5.74) is 1.43. The number of hydrogen-bond donors (Lipinski definition) is 0. The summed E-state index contributed by atoms with van der Waals surface area (Å²) in [5.74, 6) is -0.344. The molecule has 0 aliphatic rings. The molecule has 0 unspecified atom stereocenters. The number of halogens is 1. The molecule has 3 heteroatoms. The number of nitriles is 1. The van der Waals surface area contributed by atoms with Gasteiger partial charge in [-0.3, -0.25) is 0 Å². The average molecular weight is 234 g/mol. The van der Waals surface area contributed by atoms with Gasteiger partial charge in [-0.05, 0) is 36.2 Å². The summed E-state index contributed by atoms with van der Waals surface area (Å²) in [4.78, 5) is 2.13. The topological polar surface area (TPSA) is 27.0 Å². The van der Waals surface area contributed by atoms with Gasteiger partial charge in [-0.25, -0.2) is 4.39 Å². The lowest BCUT2D eigenvalue weighted by Crippen LogP contribution is -2.28. The smallest absolute Gasteiger partial charge is 0.124 e. The minimum atomic E-state index is -0.344. The van der Waals surface area contributed by atoms with E-state index in [0.29, 0.717) is 12.1 Å². The second-order valence-corrected chi connectivity index (χ2v) is 5.69. The standard InChI is InChI=1S/C14H19FN2/c1-14(2,3)10-17(4)9-12-5-11(8-16)6-13(15)7-12/h5-7H,9-10H2,1-4H3. The maximum absolute atomic E-state index is 13.2. The van der Waals surface area contributed by atoms with Gasteiger partial charge in [-0.15, -0.1) is 0 Å². The van der Waals surface area contributed by atoms with E-state index >= 15 is 0 Å². The highest BCUT2D eigenvalue weighted by atomic mass is 19.1. The van der Waals surface area contributed by atoms with Crippen LogP contribution in [0.1, 0.15) is 31.9 Å². The van der Waals surface area contributed by atoms with Gasteiger partial charge in [-0.1, -0.05) is 20.8 Å². The Morgan fingerprint density at radius 3 is 2.47 bits per heavy atom. The van der Waals surface area contributed by atoms with Crippen LogP contribution in [0.5, 0.6) is 0 Å². The molecule has 0 atom stereocenters. The Labute approximate surface area is 103 Å². The van der Waals surface area contributed by atoms with Crippen molar-refractivity contribution < 1.29 is 4.39 Å². The first-order valence-corrected chi connectivity index (χ1v) is 5.68. The van der Waals surface area contributed by atoms with Crippen molar-refractivity contribution in [3.8, 4) is 6.07 Å². The van der Waals surface area contributed by atoms with Crippen LogP contribution in [0.25, 0.3) is 0 Å². The van der Waals surface area contributed by atoms with Gasteiger partial charge in [0.1, 0.15) is 5.82 Å². The van der Waals surface area contributed by atoms with Crippen molar-refractivity contribution in [3.05, 3.63) is 35.1 Å². The van der Waals surface area contributed by atoms with Crippen molar-refractivity contribution in [1.29, 1.82) is 5.26 Å². The molecular formula is C14H19FN2. The van der Waals surface area contributed by atoms with Crippen molar-refractivity contribution in [2.75, 3.05) is 13.6 Å². The Morgan fingerprint density at radius 1 is 1.29 bits per heavy atom. The lowest BCUT2D eigenvalue weighted by atomic mass is 9.96. The average Bonchev–Trinajstić information content (AvgIpc) is 2.13. The molecule has 17 heavy (non-hydrogen) atoms. The first kappa shape index (κ1) is 13.7. The lowest BCUT2D eigenvalue weighted by Gasteiger charge is -2.26. The van der Waals surface area contributed by atoms with Gasteiger partial charge < -0.3 is 4.90 Å². The molecule has 0 heterocycles. The lowest BCUT2D eigenvalue weighted by molar-refractivity contribution is 0.220. The third-order valence-electron chi connectivity index (χ3n) is 2.28. The van der Waals surface area contributed by atoms with Crippen LogP contribution in [-0.2, 0) is 6.54 Å². The molecule has 0 aliphatic heterocycles. The molecule has 1 aromatic carbocycles. The van der Waals surface area contributed by atoms with E-state index in [2.05, 4.69) is 25.7 Å². The highest BCUT2D eigenvalue weighted by Crippen LogP contribution is 2.17. The molecule has 0 amide bonds. The second kappa shape index (κ2) is 5.29. The second-order valence-electron chi connectivity index (χ2n) is 5.69. The zero-order chi connectivity index (χ0) is 13.1. The predicted octanol–water partition coefficient (Wildman–Crippen LogP) is 3.18. The number of rotatable bonds is 3. The van der Waals surface area contributed by atoms with Crippen LogP contribution in [0.4, 0.5) is 4.39 Å². The van der Waals surface area contributed by atoms with Gasteiger partial charge in [0.2, 0.25) is 0 Å². The van der Waals surface area contributed by atoms with Crippen LogP contribution in [0.3, 0.4) is 0 Å². The van der Waals surface area contributed by atoms with Gasteiger partial charge in [0.15, 0.2) is 0 Å². The summed E-state index contributed by atoms with van der Waals surface area (Å²) in [6.07, 6.45) is 0. The molecule has 0 saturated heterocycles. The van der Waals surface area contributed by atoms with Gasteiger partial charge in [0, 0.05) is 13.1 Å². The van der Waals surface area contributed by atoms with Crippen LogP contribution >= 0.6 is 0 Å². The Bertz CT molecular complexity index is 427. The molecule has 0 aliphatic carbocycles. The van der Waals surface area contributed by atoms with Crippen LogP contribution < -0.4 is 0 Å². The van der Waals surface area contributed by atoms with E-state index in [4.69, 9.17) is 5.26 Å². The summed E-state index contributed by atoms with van der Waals surface area (Å²) in [6.45, 7) is 8.07. The number of nitrogens with zero attached hydrogens (tertiary/aromatic N) is 2. The zero-order valence-corrected chi connectivity index (χ0v) is 10.9. The van der Waals surface area contributed by atoms with Crippen LogP contribution in [0, 0.1) is 22.6 Å². The Kier molecular flexibility index (Phi) is 4.25. The zero-order valence-electron chi connectivity index (χ0n) is 10.9. The third-order valence-corrected chi connectivity index (χ3v) is 2.28. The summed E-state index contributed by atoms with van der Waals surface area (Å²) >= 11 is 0. The Morgan fingerprint density at radius 2 is 1.94 bits per heavy atom. The molecular weight excluding hydrogens is 215 g/mol. The highest BCUT2D eigenvalue weighted by molar-refractivity contribution is 5.33. The SMILES string of the molecule is CN(Cc1cc(F)cc(C#N)c1)CC(C)(C)C. The largest absolute Gasteiger partial charge is 0.302 e. The normalized spacial score (nSPS) is 11.6.